The second kappa shape index (κ2) is 7.86. The molecule has 154 valence electrons. The minimum Gasteiger partial charge on any atom is -0.334 e. The van der Waals surface area contributed by atoms with Crippen molar-refractivity contribution in [3.63, 3.8) is 0 Å². The molecule has 0 fully saturated rings. The lowest BCUT2D eigenvalue weighted by Gasteiger charge is -2.32. The Balaban J connectivity index is 1.55. The molecule has 1 atom stereocenters. The van der Waals surface area contributed by atoms with Crippen LogP contribution in [0.2, 0.25) is 0 Å². The van der Waals surface area contributed by atoms with Crippen LogP contribution in [0.1, 0.15) is 38.3 Å². The van der Waals surface area contributed by atoms with Gasteiger partial charge in [0.15, 0.2) is 11.6 Å². The highest BCUT2D eigenvalue weighted by Crippen LogP contribution is 2.51. The molecule has 2 aliphatic rings. The van der Waals surface area contributed by atoms with Crippen molar-refractivity contribution >= 4 is 29.0 Å². The molecule has 31 heavy (non-hydrogen) atoms. The van der Waals surface area contributed by atoms with Gasteiger partial charge >= 0.3 is 0 Å². The number of allylic oxidation sites excluding steroid dienone is 1. The van der Waals surface area contributed by atoms with Crippen molar-refractivity contribution in [2.24, 2.45) is 5.92 Å². The van der Waals surface area contributed by atoms with E-state index in [1.807, 2.05) is 74.5 Å². The van der Waals surface area contributed by atoms with Gasteiger partial charge < -0.3 is 4.90 Å². The molecule has 5 rings (SSSR count). The molecular weight excluding hydrogens is 402 g/mol. The summed E-state index contributed by atoms with van der Waals surface area (Å²) in [6.45, 7) is 4.62. The summed E-state index contributed by atoms with van der Waals surface area (Å²) in [6, 6.07) is 23.6. The highest BCUT2D eigenvalue weighted by atomic mass is 32.2. The molecule has 4 heteroatoms. The molecule has 2 heterocycles. The minimum absolute atomic E-state index is 0.0155. The molecular formula is C27H23NO2S. The van der Waals surface area contributed by atoms with Crippen molar-refractivity contribution in [2.45, 2.75) is 25.2 Å². The van der Waals surface area contributed by atoms with Gasteiger partial charge in [-0.3, -0.25) is 9.59 Å². The highest BCUT2D eigenvalue weighted by Gasteiger charge is 2.39. The van der Waals surface area contributed by atoms with E-state index in [9.17, 15) is 9.59 Å². The van der Waals surface area contributed by atoms with Gasteiger partial charge in [0.05, 0.1) is 10.7 Å². The lowest BCUT2D eigenvalue weighted by Crippen LogP contribution is -2.37. The first-order valence-electron chi connectivity index (χ1n) is 10.5. The number of hydrogen-bond acceptors (Lipinski definition) is 4. The van der Waals surface area contributed by atoms with Crippen LogP contribution >= 0.6 is 11.8 Å². The molecule has 2 aliphatic heterocycles. The number of Topliss-reactive ketones (excluding diaryl/α,β-unsaturated/α-hetero) is 2. The SMILES string of the molecule is Cc1ccc(C(=O)C2=C3Sc4ccccc4N3C[C@H](C(=O)c3ccc(C)cc3)C2)cc1. The zero-order valence-electron chi connectivity index (χ0n) is 17.6. The summed E-state index contributed by atoms with van der Waals surface area (Å²) in [5.41, 5.74) is 5.45. The molecule has 0 spiro atoms. The number of rotatable bonds is 4. The molecule has 3 aromatic rings. The van der Waals surface area contributed by atoms with Gasteiger partial charge in [-0.15, -0.1) is 0 Å². The number of hydrogen-bond donors (Lipinski definition) is 0. The van der Waals surface area contributed by atoms with Crippen molar-refractivity contribution in [2.75, 3.05) is 11.4 Å². The quantitative estimate of drug-likeness (QED) is 0.466. The lowest BCUT2D eigenvalue weighted by atomic mass is 9.85. The van der Waals surface area contributed by atoms with Crippen LogP contribution in [-0.4, -0.2) is 18.1 Å². The average molecular weight is 426 g/mol. The Kier molecular flexibility index (Phi) is 5.03. The maximum absolute atomic E-state index is 13.5. The van der Waals surface area contributed by atoms with Crippen LogP contribution in [0.4, 0.5) is 5.69 Å². The van der Waals surface area contributed by atoms with E-state index in [0.717, 1.165) is 32.3 Å². The van der Waals surface area contributed by atoms with E-state index in [1.54, 1.807) is 11.8 Å². The number of ketones is 2. The van der Waals surface area contributed by atoms with E-state index < -0.39 is 0 Å². The Morgan fingerprint density at radius 3 is 2.13 bits per heavy atom. The van der Waals surface area contributed by atoms with Gasteiger partial charge in [-0.2, -0.15) is 0 Å². The smallest absolute Gasteiger partial charge is 0.191 e. The standard InChI is InChI=1S/C27H23NO2S/c1-17-7-11-19(12-8-17)25(29)21-15-22(26(30)20-13-9-18(2)10-14-20)27-28(16-21)23-5-3-4-6-24(23)31-27/h3-14,21H,15-16H2,1-2H3/t21-/m1/s1. The third-order valence-corrected chi connectivity index (χ3v) is 7.24. The van der Waals surface area contributed by atoms with E-state index in [0.29, 0.717) is 24.1 Å². The Bertz CT molecular complexity index is 1210. The summed E-state index contributed by atoms with van der Waals surface area (Å²) in [6.07, 6.45) is 0.465. The van der Waals surface area contributed by atoms with Crippen molar-refractivity contribution in [3.05, 3.63) is 106 Å². The van der Waals surface area contributed by atoms with Crippen molar-refractivity contribution in [1.82, 2.24) is 0 Å². The summed E-state index contributed by atoms with van der Waals surface area (Å²) >= 11 is 1.64. The zero-order valence-corrected chi connectivity index (χ0v) is 18.4. The number of fused-ring (bicyclic) bond motifs is 3. The first-order valence-corrected chi connectivity index (χ1v) is 11.3. The van der Waals surface area contributed by atoms with Gasteiger partial charge in [-0.05, 0) is 32.4 Å². The number of benzene rings is 3. The van der Waals surface area contributed by atoms with E-state index >= 15 is 0 Å². The van der Waals surface area contributed by atoms with Crippen molar-refractivity contribution in [1.29, 1.82) is 0 Å². The molecule has 0 aliphatic carbocycles. The third-order valence-electron chi connectivity index (χ3n) is 6.01. The number of nitrogens with zero attached hydrogens (tertiary/aromatic N) is 1. The molecule has 0 aromatic heterocycles. The van der Waals surface area contributed by atoms with Crippen molar-refractivity contribution < 1.29 is 9.59 Å². The minimum atomic E-state index is -0.261. The fraction of sp³-hybridized carbons (Fsp3) is 0.185. The summed E-state index contributed by atoms with van der Waals surface area (Å²) in [7, 11) is 0. The Morgan fingerprint density at radius 1 is 0.839 bits per heavy atom. The molecule has 0 amide bonds. The number of para-hydroxylation sites is 1. The summed E-state index contributed by atoms with van der Waals surface area (Å²) in [4.78, 5) is 30.2. The largest absolute Gasteiger partial charge is 0.334 e. The fourth-order valence-electron chi connectivity index (χ4n) is 4.26. The maximum Gasteiger partial charge on any atom is 0.191 e. The second-order valence-electron chi connectivity index (χ2n) is 8.29. The molecule has 0 bridgehead atoms. The topological polar surface area (TPSA) is 37.4 Å². The van der Waals surface area contributed by atoms with Gasteiger partial charge in [0.1, 0.15) is 0 Å². The first kappa shape index (κ1) is 19.8. The van der Waals surface area contributed by atoms with Crippen LogP contribution in [-0.2, 0) is 0 Å². The van der Waals surface area contributed by atoms with Gasteiger partial charge in [-0.1, -0.05) is 83.6 Å². The second-order valence-corrected chi connectivity index (χ2v) is 9.32. The lowest BCUT2D eigenvalue weighted by molar-refractivity contribution is 0.0915. The third kappa shape index (κ3) is 3.61. The Hall–Kier alpha value is -3.11. The fourth-order valence-corrected chi connectivity index (χ4v) is 5.48. The van der Waals surface area contributed by atoms with Crippen LogP contribution in [0.5, 0.6) is 0 Å². The summed E-state index contributed by atoms with van der Waals surface area (Å²) < 4.78 is 0. The average Bonchev–Trinajstić information content (AvgIpc) is 3.17. The van der Waals surface area contributed by atoms with Gasteiger partial charge in [-0.25, -0.2) is 0 Å². The molecule has 0 saturated heterocycles. The van der Waals surface area contributed by atoms with Gasteiger partial charge in [0, 0.05) is 34.1 Å². The molecule has 3 nitrogen and oxygen atoms in total. The first-order chi connectivity index (χ1) is 15.0. The summed E-state index contributed by atoms with van der Waals surface area (Å²) in [5.74, 6) is -0.146. The number of carbonyl (C=O) groups is 2. The van der Waals surface area contributed by atoms with E-state index in [1.165, 1.54) is 0 Å². The van der Waals surface area contributed by atoms with Crippen LogP contribution < -0.4 is 4.90 Å². The van der Waals surface area contributed by atoms with Crippen LogP contribution in [0.3, 0.4) is 0 Å². The normalized spacial score (nSPS) is 17.4. The van der Waals surface area contributed by atoms with Crippen molar-refractivity contribution in [3.8, 4) is 0 Å². The van der Waals surface area contributed by atoms with Gasteiger partial charge in [0.25, 0.3) is 0 Å². The van der Waals surface area contributed by atoms with E-state index in [-0.39, 0.29) is 17.5 Å². The Labute approximate surface area is 186 Å². The van der Waals surface area contributed by atoms with E-state index in [4.69, 9.17) is 0 Å². The van der Waals surface area contributed by atoms with Gasteiger partial charge in [0.2, 0.25) is 0 Å². The molecule has 0 radical (unpaired) electrons. The molecule has 0 saturated carbocycles. The molecule has 3 aromatic carbocycles. The zero-order chi connectivity index (χ0) is 21.5. The predicted molar refractivity (Wildman–Crippen MR) is 126 cm³/mol. The van der Waals surface area contributed by atoms with E-state index in [2.05, 4.69) is 17.0 Å². The maximum atomic E-state index is 13.5. The molecule has 0 N–H and O–H groups in total. The number of thioether (sulfide) groups is 1. The molecule has 0 unspecified atom stereocenters. The Morgan fingerprint density at radius 2 is 1.45 bits per heavy atom. The number of aryl methyl sites for hydroxylation is 2. The monoisotopic (exact) mass is 425 g/mol. The number of carbonyl (C=O) groups excluding carboxylic acids is 2. The highest BCUT2D eigenvalue weighted by molar-refractivity contribution is 8.03. The van der Waals surface area contributed by atoms with Crippen LogP contribution in [0.15, 0.2) is 88.3 Å². The van der Waals surface area contributed by atoms with Crippen LogP contribution in [0, 0.1) is 19.8 Å². The predicted octanol–water partition coefficient (Wildman–Crippen LogP) is 6.21. The van der Waals surface area contributed by atoms with Crippen LogP contribution in [0.25, 0.3) is 0 Å². The summed E-state index contributed by atoms with van der Waals surface area (Å²) in [5, 5.41) is 0.972. The number of anilines is 1.